The summed E-state index contributed by atoms with van der Waals surface area (Å²) in [6.07, 6.45) is -0.300. The van der Waals surface area contributed by atoms with Crippen molar-refractivity contribution in [3.05, 3.63) is 35.6 Å². The van der Waals surface area contributed by atoms with E-state index in [9.17, 15) is 12.8 Å². The lowest BCUT2D eigenvalue weighted by Crippen LogP contribution is -2.57. The third-order valence-corrected chi connectivity index (χ3v) is 7.14. The van der Waals surface area contributed by atoms with Gasteiger partial charge in [-0.2, -0.15) is 0 Å². The Balaban J connectivity index is 2.16. The quantitative estimate of drug-likeness (QED) is 0.620. The largest absolute Gasteiger partial charge is 0.375 e. The zero-order chi connectivity index (χ0) is 19.4. The molecular weight excluding hydrogens is 357 g/mol. The second kappa shape index (κ2) is 8.35. The molecular formula is C18H28FN3O3S. The molecule has 1 saturated heterocycles. The highest BCUT2D eigenvalue weighted by Gasteiger charge is 2.41. The van der Waals surface area contributed by atoms with Gasteiger partial charge in [-0.15, -0.1) is 0 Å². The number of methoxy groups -OCH3 is 1. The van der Waals surface area contributed by atoms with Gasteiger partial charge >= 0.3 is 0 Å². The second-order valence-electron chi connectivity index (χ2n) is 6.97. The zero-order valence-corrected chi connectivity index (χ0v) is 16.6. The van der Waals surface area contributed by atoms with Crippen molar-refractivity contribution in [3.63, 3.8) is 0 Å². The van der Waals surface area contributed by atoms with Gasteiger partial charge in [-0.05, 0) is 38.5 Å². The van der Waals surface area contributed by atoms with E-state index >= 15 is 0 Å². The van der Waals surface area contributed by atoms with Crippen molar-refractivity contribution >= 4 is 15.8 Å². The van der Waals surface area contributed by atoms with Gasteiger partial charge in [0.1, 0.15) is 11.9 Å². The summed E-state index contributed by atoms with van der Waals surface area (Å²) in [5.74, 6) is 0.479. The minimum Gasteiger partial charge on any atom is -0.375 e. The smallest absolute Gasteiger partial charge is 0.194 e. The molecule has 0 radical (unpaired) electrons. The molecule has 1 aliphatic heterocycles. The van der Waals surface area contributed by atoms with Crippen LogP contribution >= 0.6 is 0 Å². The first-order chi connectivity index (χ1) is 12.2. The fraction of sp³-hybridized carbons (Fsp3) is 0.611. The summed E-state index contributed by atoms with van der Waals surface area (Å²) in [6.45, 7) is 7.28. The van der Waals surface area contributed by atoms with Crippen LogP contribution < -0.4 is 5.32 Å². The molecule has 0 aliphatic carbocycles. The molecule has 2 rings (SSSR count). The highest BCUT2D eigenvalue weighted by molar-refractivity contribution is 7.92. The molecule has 0 bridgehead atoms. The number of halogens is 1. The van der Waals surface area contributed by atoms with Crippen LogP contribution in [0.3, 0.4) is 0 Å². The van der Waals surface area contributed by atoms with Gasteiger partial charge in [0.05, 0.1) is 17.0 Å². The second-order valence-corrected chi connectivity index (χ2v) is 9.71. The van der Waals surface area contributed by atoms with E-state index in [4.69, 9.17) is 4.74 Å². The van der Waals surface area contributed by atoms with Crippen LogP contribution in [0.25, 0.3) is 0 Å². The fourth-order valence-corrected chi connectivity index (χ4v) is 4.28. The minimum atomic E-state index is -3.11. The number of sulfone groups is 1. The molecule has 1 aliphatic rings. The van der Waals surface area contributed by atoms with Crippen molar-refractivity contribution in [1.82, 2.24) is 10.2 Å². The Morgan fingerprint density at radius 3 is 2.58 bits per heavy atom. The average Bonchev–Trinajstić information content (AvgIpc) is 2.58. The predicted octanol–water partition coefficient (Wildman–Crippen LogP) is 1.99. The molecule has 26 heavy (non-hydrogen) atoms. The normalized spacial score (nSPS) is 20.7. The molecule has 1 fully saturated rings. The summed E-state index contributed by atoms with van der Waals surface area (Å²) in [7, 11) is -1.52. The van der Waals surface area contributed by atoms with Gasteiger partial charge in [0.2, 0.25) is 0 Å². The van der Waals surface area contributed by atoms with E-state index in [1.54, 1.807) is 33.1 Å². The van der Waals surface area contributed by atoms with E-state index < -0.39 is 14.6 Å². The Kier molecular flexibility index (Phi) is 6.63. The Bertz CT molecular complexity index is 733. The summed E-state index contributed by atoms with van der Waals surface area (Å²) in [6, 6.07) is 6.16. The monoisotopic (exact) mass is 385 g/mol. The first-order valence-electron chi connectivity index (χ1n) is 8.74. The highest BCUT2D eigenvalue weighted by Crippen LogP contribution is 2.24. The van der Waals surface area contributed by atoms with Gasteiger partial charge in [0.25, 0.3) is 0 Å². The van der Waals surface area contributed by atoms with Gasteiger partial charge in [-0.3, -0.25) is 4.99 Å². The van der Waals surface area contributed by atoms with Crippen LogP contribution in [-0.2, 0) is 14.6 Å². The van der Waals surface area contributed by atoms with E-state index in [0.29, 0.717) is 32.1 Å². The summed E-state index contributed by atoms with van der Waals surface area (Å²) in [4.78, 5) is 6.61. The first-order valence-corrected chi connectivity index (χ1v) is 10.4. The molecule has 8 heteroatoms. The standard InChI is InChI=1S/C18H28FN3O3S/c1-5-20-17(22-10-11-26(23,24)18(2,3)13-22)21-12-16(25-4)14-6-8-15(19)9-7-14/h6-9,16H,5,10-13H2,1-4H3,(H,20,21). The molecule has 0 aromatic heterocycles. The molecule has 1 aromatic carbocycles. The van der Waals surface area contributed by atoms with Crippen molar-refractivity contribution in [2.24, 2.45) is 4.99 Å². The van der Waals surface area contributed by atoms with Crippen molar-refractivity contribution in [1.29, 1.82) is 0 Å². The number of nitrogens with zero attached hydrogens (tertiary/aromatic N) is 2. The van der Waals surface area contributed by atoms with E-state index in [0.717, 1.165) is 5.56 Å². The van der Waals surface area contributed by atoms with E-state index in [1.165, 1.54) is 12.1 Å². The Morgan fingerprint density at radius 1 is 1.38 bits per heavy atom. The SMILES string of the molecule is CCNC(=NCC(OC)c1ccc(F)cc1)N1CCS(=O)(=O)C(C)(C)C1. The number of ether oxygens (including phenoxy) is 1. The average molecular weight is 386 g/mol. The molecule has 0 spiro atoms. The zero-order valence-electron chi connectivity index (χ0n) is 15.8. The number of rotatable bonds is 5. The maximum atomic E-state index is 13.1. The summed E-state index contributed by atoms with van der Waals surface area (Å²) >= 11 is 0. The minimum absolute atomic E-state index is 0.107. The lowest BCUT2D eigenvalue weighted by molar-refractivity contribution is 0.110. The summed E-state index contributed by atoms with van der Waals surface area (Å²) < 4.78 is 42.2. The molecule has 1 N–H and O–H groups in total. The number of benzene rings is 1. The molecule has 146 valence electrons. The van der Waals surface area contributed by atoms with Crippen LogP contribution in [-0.4, -0.2) is 63.1 Å². The highest BCUT2D eigenvalue weighted by atomic mass is 32.2. The van der Waals surface area contributed by atoms with Gasteiger partial charge in [0, 0.05) is 26.7 Å². The number of guanidine groups is 1. The van der Waals surface area contributed by atoms with E-state index in [-0.39, 0.29) is 17.7 Å². The van der Waals surface area contributed by atoms with Crippen molar-refractivity contribution < 1.29 is 17.5 Å². The van der Waals surface area contributed by atoms with E-state index in [1.807, 2.05) is 11.8 Å². The fourth-order valence-electron chi connectivity index (χ4n) is 2.91. The maximum Gasteiger partial charge on any atom is 0.194 e. The molecule has 1 atom stereocenters. The molecule has 1 aromatic rings. The Labute approximate surface area is 155 Å². The topological polar surface area (TPSA) is 71.0 Å². The Morgan fingerprint density at radius 2 is 2.04 bits per heavy atom. The van der Waals surface area contributed by atoms with Crippen LogP contribution in [0, 0.1) is 5.82 Å². The summed E-state index contributed by atoms with van der Waals surface area (Å²) in [5.41, 5.74) is 0.843. The van der Waals surface area contributed by atoms with E-state index in [2.05, 4.69) is 10.3 Å². The third kappa shape index (κ3) is 4.73. The summed E-state index contributed by atoms with van der Waals surface area (Å²) in [5, 5.41) is 3.22. The predicted molar refractivity (Wildman–Crippen MR) is 102 cm³/mol. The molecule has 0 amide bonds. The van der Waals surface area contributed by atoms with Crippen molar-refractivity contribution in [3.8, 4) is 0 Å². The number of hydrogen-bond donors (Lipinski definition) is 1. The van der Waals surface area contributed by atoms with Crippen molar-refractivity contribution in [2.75, 3.05) is 39.0 Å². The van der Waals surface area contributed by atoms with Crippen LogP contribution in [0.2, 0.25) is 0 Å². The van der Waals surface area contributed by atoms with Crippen molar-refractivity contribution in [2.45, 2.75) is 31.6 Å². The molecule has 6 nitrogen and oxygen atoms in total. The molecule has 1 unspecified atom stereocenters. The maximum absolute atomic E-state index is 13.1. The van der Waals surface area contributed by atoms with Gasteiger partial charge < -0.3 is 15.0 Å². The van der Waals surface area contributed by atoms with Crippen LogP contribution in [0.4, 0.5) is 4.39 Å². The molecule has 1 heterocycles. The lowest BCUT2D eigenvalue weighted by atomic mass is 10.1. The van der Waals surface area contributed by atoms with Gasteiger partial charge in [0.15, 0.2) is 15.8 Å². The van der Waals surface area contributed by atoms with Crippen LogP contribution in [0.1, 0.15) is 32.4 Å². The van der Waals surface area contributed by atoms with Gasteiger partial charge in [-0.25, -0.2) is 12.8 Å². The third-order valence-electron chi connectivity index (χ3n) is 4.61. The first kappa shape index (κ1) is 20.6. The lowest BCUT2D eigenvalue weighted by Gasteiger charge is -2.39. The van der Waals surface area contributed by atoms with Gasteiger partial charge in [-0.1, -0.05) is 12.1 Å². The number of aliphatic imine (C=N–C) groups is 1. The number of hydrogen-bond acceptors (Lipinski definition) is 4. The van der Waals surface area contributed by atoms with Crippen LogP contribution in [0.5, 0.6) is 0 Å². The number of nitrogens with one attached hydrogen (secondary N) is 1. The molecule has 0 saturated carbocycles. The van der Waals surface area contributed by atoms with Crippen LogP contribution in [0.15, 0.2) is 29.3 Å². The Hall–Kier alpha value is -1.67.